The number of hydrogen-bond acceptors (Lipinski definition) is 8. The molecule has 9 nitrogen and oxygen atoms in total. The van der Waals surface area contributed by atoms with E-state index in [1.54, 1.807) is 29.3 Å². The van der Waals surface area contributed by atoms with Crippen LogP contribution < -0.4 is 15.1 Å². The minimum absolute atomic E-state index is 0.364. The highest BCUT2D eigenvalue weighted by Crippen LogP contribution is 2.48. The molecule has 4 aromatic heterocycles. The molecule has 1 aliphatic heterocycles. The topological polar surface area (TPSA) is 105 Å². The Morgan fingerprint density at radius 3 is 2.62 bits per heavy atom. The lowest BCUT2D eigenvalue weighted by molar-refractivity contribution is 0.340. The number of pyridine rings is 1. The van der Waals surface area contributed by atoms with Gasteiger partial charge in [-0.05, 0) is 48.9 Å². The first-order chi connectivity index (χ1) is 18.2. The van der Waals surface area contributed by atoms with Gasteiger partial charge >= 0.3 is 5.63 Å². The molecule has 0 spiro atoms. The molecule has 0 aliphatic carbocycles. The zero-order valence-corrected chi connectivity index (χ0v) is 19.7. The maximum Gasteiger partial charge on any atom is 0.344 e. The number of hydrogen-bond donors (Lipinski definition) is 0. The van der Waals surface area contributed by atoms with Gasteiger partial charge in [-0.15, -0.1) is 5.10 Å². The molecule has 7 rings (SSSR count). The van der Waals surface area contributed by atoms with Gasteiger partial charge in [0.2, 0.25) is 5.88 Å². The number of ether oxygens (including phenoxy) is 2. The van der Waals surface area contributed by atoms with Crippen molar-refractivity contribution < 1.29 is 13.9 Å². The summed E-state index contributed by atoms with van der Waals surface area (Å²) >= 11 is 0. The first-order valence-electron chi connectivity index (χ1n) is 11.8. The Morgan fingerprint density at radius 2 is 1.81 bits per heavy atom. The SMILES string of the molecule is CCOc1ccc(C2c3c(c4ccccc4oc3=O)Oc3ncn4nc(-c5ccncc5)nc4c32)cc1. The zero-order valence-electron chi connectivity index (χ0n) is 19.7. The van der Waals surface area contributed by atoms with Crippen LogP contribution in [-0.4, -0.2) is 31.2 Å². The van der Waals surface area contributed by atoms with Crippen molar-refractivity contribution in [2.24, 2.45) is 0 Å². The van der Waals surface area contributed by atoms with E-state index >= 15 is 0 Å². The lowest BCUT2D eigenvalue weighted by Gasteiger charge is -2.27. The third kappa shape index (κ3) is 3.35. The van der Waals surface area contributed by atoms with E-state index in [0.29, 0.717) is 51.8 Å². The van der Waals surface area contributed by atoms with Gasteiger partial charge in [0.25, 0.3) is 0 Å². The van der Waals surface area contributed by atoms with Crippen LogP contribution in [0.4, 0.5) is 0 Å². The Morgan fingerprint density at radius 1 is 1.00 bits per heavy atom. The van der Waals surface area contributed by atoms with Crippen molar-refractivity contribution in [1.82, 2.24) is 24.6 Å². The molecular formula is C28H19N5O4. The number of para-hydroxylation sites is 1. The van der Waals surface area contributed by atoms with E-state index in [1.807, 2.05) is 61.5 Å². The van der Waals surface area contributed by atoms with Crippen molar-refractivity contribution in [2.45, 2.75) is 12.8 Å². The summed E-state index contributed by atoms with van der Waals surface area (Å²) in [7, 11) is 0. The number of aromatic nitrogens is 5. The summed E-state index contributed by atoms with van der Waals surface area (Å²) in [6.45, 7) is 2.49. The average Bonchev–Trinajstić information content (AvgIpc) is 3.38. The van der Waals surface area contributed by atoms with E-state index in [9.17, 15) is 4.79 Å². The van der Waals surface area contributed by atoms with Gasteiger partial charge in [-0.2, -0.15) is 0 Å². The highest BCUT2D eigenvalue weighted by Gasteiger charge is 2.37. The molecular weight excluding hydrogens is 470 g/mol. The molecule has 1 aliphatic rings. The predicted octanol–water partition coefficient (Wildman–Crippen LogP) is 4.98. The predicted molar refractivity (Wildman–Crippen MR) is 135 cm³/mol. The molecule has 6 aromatic rings. The van der Waals surface area contributed by atoms with Crippen molar-refractivity contribution in [3.63, 3.8) is 0 Å². The van der Waals surface area contributed by atoms with Crippen LogP contribution in [0.25, 0.3) is 28.0 Å². The molecule has 0 saturated carbocycles. The van der Waals surface area contributed by atoms with E-state index in [0.717, 1.165) is 16.9 Å². The van der Waals surface area contributed by atoms with Crippen molar-refractivity contribution in [2.75, 3.05) is 6.61 Å². The first-order valence-corrected chi connectivity index (χ1v) is 11.8. The maximum absolute atomic E-state index is 13.5. The molecule has 180 valence electrons. The molecule has 5 heterocycles. The normalized spacial score (nSPS) is 14.2. The first kappa shape index (κ1) is 21.3. The van der Waals surface area contributed by atoms with Crippen LogP contribution in [0.5, 0.6) is 17.4 Å². The largest absolute Gasteiger partial charge is 0.494 e. The Kier molecular flexibility index (Phi) is 4.75. The van der Waals surface area contributed by atoms with E-state index < -0.39 is 11.5 Å². The minimum atomic E-state index is -0.555. The van der Waals surface area contributed by atoms with Crippen molar-refractivity contribution in [3.8, 4) is 28.8 Å². The Balaban J connectivity index is 1.52. The zero-order chi connectivity index (χ0) is 24.9. The number of fused-ring (bicyclic) bond motifs is 6. The van der Waals surface area contributed by atoms with Gasteiger partial charge in [0.15, 0.2) is 17.2 Å². The highest BCUT2D eigenvalue weighted by molar-refractivity contribution is 5.87. The van der Waals surface area contributed by atoms with Gasteiger partial charge in [0.1, 0.15) is 17.7 Å². The second-order valence-corrected chi connectivity index (χ2v) is 8.57. The minimum Gasteiger partial charge on any atom is -0.494 e. The summed E-state index contributed by atoms with van der Waals surface area (Å²) in [5.74, 6) is 1.50. The fourth-order valence-corrected chi connectivity index (χ4v) is 4.81. The second kappa shape index (κ2) is 8.27. The summed E-state index contributed by atoms with van der Waals surface area (Å²) in [5, 5.41) is 5.32. The molecule has 0 saturated heterocycles. The molecule has 2 aromatic carbocycles. The fourth-order valence-electron chi connectivity index (χ4n) is 4.81. The smallest absolute Gasteiger partial charge is 0.344 e. The molecule has 0 radical (unpaired) electrons. The van der Waals surface area contributed by atoms with Crippen LogP contribution in [0.15, 0.2) is 88.6 Å². The number of benzene rings is 2. The molecule has 37 heavy (non-hydrogen) atoms. The quantitative estimate of drug-likeness (QED) is 0.319. The van der Waals surface area contributed by atoms with Crippen LogP contribution in [-0.2, 0) is 0 Å². The van der Waals surface area contributed by atoms with E-state index in [2.05, 4.69) is 15.1 Å². The Bertz CT molecular complexity index is 1850. The summed E-state index contributed by atoms with van der Waals surface area (Å²) in [4.78, 5) is 27.0. The summed E-state index contributed by atoms with van der Waals surface area (Å²) in [6.07, 6.45) is 4.94. The Labute approximate surface area is 210 Å². The summed E-state index contributed by atoms with van der Waals surface area (Å²) in [5.41, 5.74) is 3.19. The standard InChI is InChI=1S/C28H19N5O4/c1-2-35-18-9-7-16(8-10-18)21-22-24(19-5-3-4-6-20(19)36-28(22)34)37-27-23(21)26-31-25(32-33(26)15-30-27)17-11-13-29-14-12-17/h3-15,21H,2H2,1H3. The van der Waals surface area contributed by atoms with E-state index in [-0.39, 0.29) is 0 Å². The number of nitrogens with zero attached hydrogens (tertiary/aromatic N) is 5. The molecule has 1 unspecified atom stereocenters. The van der Waals surface area contributed by atoms with Gasteiger partial charge in [-0.25, -0.2) is 19.3 Å². The van der Waals surface area contributed by atoms with Gasteiger partial charge in [-0.1, -0.05) is 24.3 Å². The van der Waals surface area contributed by atoms with Crippen molar-refractivity contribution in [3.05, 3.63) is 106 Å². The van der Waals surface area contributed by atoms with Crippen molar-refractivity contribution >= 4 is 16.6 Å². The number of rotatable bonds is 4. The molecule has 1 atom stereocenters. The molecule has 0 fully saturated rings. The fraction of sp³-hybridized carbons (Fsp3) is 0.107. The lowest BCUT2D eigenvalue weighted by Crippen LogP contribution is -2.22. The van der Waals surface area contributed by atoms with Gasteiger partial charge in [0, 0.05) is 18.0 Å². The van der Waals surface area contributed by atoms with Crippen LogP contribution in [0.3, 0.4) is 0 Å². The van der Waals surface area contributed by atoms with Gasteiger partial charge in [0.05, 0.1) is 29.0 Å². The van der Waals surface area contributed by atoms with Crippen LogP contribution in [0.2, 0.25) is 0 Å². The second-order valence-electron chi connectivity index (χ2n) is 8.57. The molecule has 0 N–H and O–H groups in total. The monoisotopic (exact) mass is 489 g/mol. The molecule has 0 amide bonds. The third-order valence-corrected chi connectivity index (χ3v) is 6.42. The average molecular weight is 489 g/mol. The highest BCUT2D eigenvalue weighted by atomic mass is 16.5. The molecule has 0 bridgehead atoms. The van der Waals surface area contributed by atoms with Crippen LogP contribution in [0, 0.1) is 0 Å². The maximum atomic E-state index is 13.5. The summed E-state index contributed by atoms with van der Waals surface area (Å²) < 4.78 is 19.3. The van der Waals surface area contributed by atoms with E-state index in [1.165, 1.54) is 0 Å². The van der Waals surface area contributed by atoms with Crippen LogP contribution >= 0.6 is 0 Å². The van der Waals surface area contributed by atoms with Crippen LogP contribution in [0.1, 0.15) is 29.5 Å². The van der Waals surface area contributed by atoms with Crippen molar-refractivity contribution in [1.29, 1.82) is 0 Å². The summed E-state index contributed by atoms with van der Waals surface area (Å²) in [6, 6.07) is 18.6. The van der Waals surface area contributed by atoms with Gasteiger partial charge < -0.3 is 13.9 Å². The third-order valence-electron chi connectivity index (χ3n) is 6.42. The lowest BCUT2D eigenvalue weighted by atomic mass is 9.84. The Hall–Kier alpha value is -5.05. The molecule has 9 heteroatoms. The van der Waals surface area contributed by atoms with Gasteiger partial charge in [-0.3, -0.25) is 4.98 Å². The van der Waals surface area contributed by atoms with E-state index in [4.69, 9.17) is 18.9 Å².